The summed E-state index contributed by atoms with van der Waals surface area (Å²) in [5.41, 5.74) is 1.39. The molecule has 1 aromatic carbocycles. The lowest BCUT2D eigenvalue weighted by Gasteiger charge is -2.39. The van der Waals surface area contributed by atoms with Crippen LogP contribution in [0.3, 0.4) is 0 Å². The molecular formula is C15H19N3S. The topological polar surface area (TPSA) is 28.2 Å². The second kappa shape index (κ2) is 5.82. The van der Waals surface area contributed by atoms with Crippen molar-refractivity contribution < 1.29 is 0 Å². The van der Waals surface area contributed by atoms with Crippen LogP contribution in [0, 0.1) is 0 Å². The minimum Gasteiger partial charge on any atom is -0.311 e. The van der Waals surface area contributed by atoms with E-state index >= 15 is 0 Å². The van der Waals surface area contributed by atoms with E-state index in [0.29, 0.717) is 12.1 Å². The van der Waals surface area contributed by atoms with Crippen molar-refractivity contribution in [1.82, 2.24) is 15.2 Å². The maximum absolute atomic E-state index is 4.42. The minimum atomic E-state index is 0.446. The molecule has 0 saturated carbocycles. The zero-order chi connectivity index (χ0) is 13.1. The van der Waals surface area contributed by atoms with Crippen molar-refractivity contribution in [3.8, 4) is 0 Å². The SMILES string of the molecule is CC1CN(Cc2nccs2)C(c2ccccc2)CN1. The third kappa shape index (κ3) is 3.03. The van der Waals surface area contributed by atoms with Crippen LogP contribution in [-0.4, -0.2) is 29.0 Å². The van der Waals surface area contributed by atoms with E-state index in [0.717, 1.165) is 19.6 Å². The largest absolute Gasteiger partial charge is 0.311 e. The Hall–Kier alpha value is -1.23. The van der Waals surface area contributed by atoms with Crippen LogP contribution in [0.1, 0.15) is 23.5 Å². The average molecular weight is 273 g/mol. The van der Waals surface area contributed by atoms with E-state index in [1.165, 1.54) is 10.6 Å². The van der Waals surface area contributed by atoms with Gasteiger partial charge in [0.15, 0.2) is 0 Å². The molecule has 0 radical (unpaired) electrons. The van der Waals surface area contributed by atoms with Crippen LogP contribution in [0.2, 0.25) is 0 Å². The standard InChI is InChI=1S/C15H19N3S/c1-12-10-18(11-15-16-7-8-19-15)14(9-17-12)13-5-3-2-4-6-13/h2-8,12,14,17H,9-11H2,1H3. The number of aromatic nitrogens is 1. The summed E-state index contributed by atoms with van der Waals surface area (Å²) in [5, 5.41) is 6.84. The molecule has 0 aliphatic carbocycles. The van der Waals surface area contributed by atoms with E-state index in [2.05, 4.69) is 57.8 Å². The van der Waals surface area contributed by atoms with Gasteiger partial charge in [0.1, 0.15) is 5.01 Å². The van der Waals surface area contributed by atoms with Gasteiger partial charge in [0.05, 0.1) is 6.54 Å². The Bertz CT molecular complexity index is 497. The Labute approximate surface area is 118 Å². The number of hydrogen-bond acceptors (Lipinski definition) is 4. The first kappa shape index (κ1) is 12.8. The first-order chi connectivity index (χ1) is 9.33. The van der Waals surface area contributed by atoms with Gasteiger partial charge in [0, 0.05) is 36.8 Å². The monoisotopic (exact) mass is 273 g/mol. The summed E-state index contributed by atoms with van der Waals surface area (Å²) in [6.45, 7) is 5.27. The lowest BCUT2D eigenvalue weighted by Crippen LogP contribution is -2.50. The third-order valence-electron chi connectivity index (χ3n) is 3.61. The predicted molar refractivity (Wildman–Crippen MR) is 79.2 cm³/mol. The second-order valence-corrected chi connectivity index (χ2v) is 6.07. The van der Waals surface area contributed by atoms with Gasteiger partial charge in [0.25, 0.3) is 0 Å². The van der Waals surface area contributed by atoms with E-state index < -0.39 is 0 Å². The molecule has 19 heavy (non-hydrogen) atoms. The fourth-order valence-electron chi connectivity index (χ4n) is 2.67. The van der Waals surface area contributed by atoms with Crippen molar-refractivity contribution in [2.75, 3.05) is 13.1 Å². The summed E-state index contributed by atoms with van der Waals surface area (Å²) in [6, 6.07) is 11.7. The molecule has 1 N–H and O–H groups in total. The number of nitrogens with zero attached hydrogens (tertiary/aromatic N) is 2. The molecule has 2 atom stereocenters. The van der Waals surface area contributed by atoms with Crippen molar-refractivity contribution in [2.24, 2.45) is 0 Å². The van der Waals surface area contributed by atoms with E-state index in [1.54, 1.807) is 11.3 Å². The molecule has 3 nitrogen and oxygen atoms in total. The number of benzene rings is 1. The fraction of sp³-hybridized carbons (Fsp3) is 0.400. The molecule has 1 aliphatic heterocycles. The van der Waals surface area contributed by atoms with Gasteiger partial charge in [-0.05, 0) is 12.5 Å². The van der Waals surface area contributed by atoms with Crippen LogP contribution in [0.15, 0.2) is 41.9 Å². The van der Waals surface area contributed by atoms with E-state index in [-0.39, 0.29) is 0 Å². The Balaban J connectivity index is 1.80. The molecule has 0 spiro atoms. The predicted octanol–water partition coefficient (Wildman–Crippen LogP) is 2.68. The molecule has 2 aromatic rings. The Morgan fingerprint density at radius 2 is 2.21 bits per heavy atom. The molecule has 2 heterocycles. The summed E-state index contributed by atoms with van der Waals surface area (Å²) in [4.78, 5) is 6.96. The maximum Gasteiger partial charge on any atom is 0.107 e. The van der Waals surface area contributed by atoms with Crippen molar-refractivity contribution >= 4 is 11.3 Å². The smallest absolute Gasteiger partial charge is 0.107 e. The molecular weight excluding hydrogens is 254 g/mol. The molecule has 1 aliphatic rings. The van der Waals surface area contributed by atoms with Gasteiger partial charge >= 0.3 is 0 Å². The van der Waals surface area contributed by atoms with Gasteiger partial charge in [0.2, 0.25) is 0 Å². The molecule has 4 heteroatoms. The van der Waals surface area contributed by atoms with Crippen LogP contribution in [0.5, 0.6) is 0 Å². The van der Waals surface area contributed by atoms with Gasteiger partial charge in [-0.1, -0.05) is 30.3 Å². The third-order valence-corrected chi connectivity index (χ3v) is 4.38. The van der Waals surface area contributed by atoms with Crippen LogP contribution < -0.4 is 5.32 Å². The normalized spacial score (nSPS) is 24.5. The van der Waals surface area contributed by atoms with Crippen molar-refractivity contribution in [3.63, 3.8) is 0 Å². The van der Waals surface area contributed by atoms with E-state index in [1.807, 2.05) is 6.20 Å². The minimum absolute atomic E-state index is 0.446. The highest BCUT2D eigenvalue weighted by atomic mass is 32.1. The number of rotatable bonds is 3. The van der Waals surface area contributed by atoms with Gasteiger partial charge < -0.3 is 5.32 Å². The highest BCUT2D eigenvalue weighted by Gasteiger charge is 2.27. The number of thiazole rings is 1. The average Bonchev–Trinajstić information content (AvgIpc) is 2.93. The van der Waals surface area contributed by atoms with Crippen LogP contribution in [0.25, 0.3) is 0 Å². The molecule has 2 unspecified atom stereocenters. The zero-order valence-electron chi connectivity index (χ0n) is 11.1. The first-order valence-corrected chi connectivity index (χ1v) is 7.61. The summed E-state index contributed by atoms with van der Waals surface area (Å²) in [5.74, 6) is 0. The lowest BCUT2D eigenvalue weighted by atomic mass is 10.0. The van der Waals surface area contributed by atoms with Crippen LogP contribution >= 0.6 is 11.3 Å². The van der Waals surface area contributed by atoms with Gasteiger partial charge in [-0.25, -0.2) is 4.98 Å². The number of nitrogens with one attached hydrogen (secondary N) is 1. The number of piperazine rings is 1. The summed E-state index contributed by atoms with van der Waals surface area (Å²) < 4.78 is 0. The van der Waals surface area contributed by atoms with Crippen molar-refractivity contribution in [2.45, 2.75) is 25.6 Å². The number of hydrogen-bond donors (Lipinski definition) is 1. The first-order valence-electron chi connectivity index (χ1n) is 6.73. The highest BCUT2D eigenvalue weighted by Crippen LogP contribution is 2.25. The summed E-state index contributed by atoms with van der Waals surface area (Å²) >= 11 is 1.74. The Kier molecular flexibility index (Phi) is 3.92. The molecule has 0 bridgehead atoms. The van der Waals surface area contributed by atoms with E-state index in [9.17, 15) is 0 Å². The molecule has 3 rings (SSSR count). The van der Waals surface area contributed by atoms with Crippen LogP contribution in [0.4, 0.5) is 0 Å². The molecule has 1 fully saturated rings. The summed E-state index contributed by atoms with van der Waals surface area (Å²) in [6.07, 6.45) is 1.89. The molecule has 0 amide bonds. The van der Waals surface area contributed by atoms with Gasteiger partial charge in [-0.2, -0.15) is 0 Å². The fourth-order valence-corrected chi connectivity index (χ4v) is 3.31. The zero-order valence-corrected chi connectivity index (χ0v) is 11.9. The van der Waals surface area contributed by atoms with E-state index in [4.69, 9.17) is 0 Å². The summed E-state index contributed by atoms with van der Waals surface area (Å²) in [7, 11) is 0. The molecule has 1 aromatic heterocycles. The highest BCUT2D eigenvalue weighted by molar-refractivity contribution is 7.09. The molecule has 100 valence electrons. The quantitative estimate of drug-likeness (QED) is 0.932. The van der Waals surface area contributed by atoms with Crippen molar-refractivity contribution in [3.05, 3.63) is 52.5 Å². The Morgan fingerprint density at radius 1 is 1.37 bits per heavy atom. The van der Waals surface area contributed by atoms with Crippen LogP contribution in [-0.2, 0) is 6.54 Å². The Morgan fingerprint density at radius 3 is 2.95 bits per heavy atom. The second-order valence-electron chi connectivity index (χ2n) is 5.09. The molecule has 1 saturated heterocycles. The lowest BCUT2D eigenvalue weighted by molar-refractivity contribution is 0.127. The van der Waals surface area contributed by atoms with Gasteiger partial charge in [-0.15, -0.1) is 11.3 Å². The van der Waals surface area contributed by atoms with Gasteiger partial charge in [-0.3, -0.25) is 4.90 Å². The maximum atomic E-state index is 4.42. The van der Waals surface area contributed by atoms with Crippen molar-refractivity contribution in [1.29, 1.82) is 0 Å².